The van der Waals surface area contributed by atoms with Crippen LogP contribution in [0.15, 0.2) is 4.42 Å². The Morgan fingerprint density at radius 1 is 1.26 bits per heavy atom. The van der Waals surface area contributed by atoms with Crippen molar-refractivity contribution in [2.45, 2.75) is 33.7 Å². The fourth-order valence-electron chi connectivity index (χ4n) is 1.64. The topological polar surface area (TPSA) is 83.3 Å². The van der Waals surface area contributed by atoms with Gasteiger partial charge in [0.1, 0.15) is 0 Å². The fourth-order valence-corrected chi connectivity index (χ4v) is 1.64. The molecular formula is C12H23N5O2. The van der Waals surface area contributed by atoms with Crippen LogP contribution in [0.4, 0.5) is 6.01 Å². The summed E-state index contributed by atoms with van der Waals surface area (Å²) in [5.74, 6) is 0.671. The molecule has 1 heterocycles. The van der Waals surface area contributed by atoms with Crippen molar-refractivity contribution in [2.24, 2.45) is 0 Å². The Bertz CT molecular complexity index is 376. The molecule has 0 spiro atoms. The van der Waals surface area contributed by atoms with Crippen LogP contribution in [0.5, 0.6) is 0 Å². The van der Waals surface area contributed by atoms with Gasteiger partial charge in [0, 0.05) is 26.1 Å². The predicted octanol–water partition coefficient (Wildman–Crippen LogP) is 0.849. The maximum atomic E-state index is 11.8. The Hall–Kier alpha value is -1.63. The number of carbonyl (C=O) groups excluding carboxylic acids is 1. The molecule has 7 heteroatoms. The third-order valence-electron chi connectivity index (χ3n) is 2.72. The summed E-state index contributed by atoms with van der Waals surface area (Å²) in [7, 11) is 0. The molecule has 0 saturated heterocycles. The standard InChI is InChI=1S/C12H23N5O2/c1-4-13-9-10-15-16-12(19-10)14-8-7-11(18)17(5-2)6-3/h13H,4-9H2,1-3H3,(H,14,16). The Morgan fingerprint density at radius 3 is 2.63 bits per heavy atom. The van der Waals surface area contributed by atoms with Crippen LogP contribution in [0.1, 0.15) is 33.1 Å². The van der Waals surface area contributed by atoms with Gasteiger partial charge in [0.05, 0.1) is 6.54 Å². The number of carbonyl (C=O) groups is 1. The van der Waals surface area contributed by atoms with Gasteiger partial charge in [-0.3, -0.25) is 4.79 Å². The van der Waals surface area contributed by atoms with Gasteiger partial charge in [0.15, 0.2) is 0 Å². The average molecular weight is 269 g/mol. The fraction of sp³-hybridized carbons (Fsp3) is 0.750. The number of amides is 1. The molecule has 0 unspecified atom stereocenters. The third-order valence-corrected chi connectivity index (χ3v) is 2.72. The van der Waals surface area contributed by atoms with E-state index in [0.717, 1.165) is 19.6 Å². The van der Waals surface area contributed by atoms with Crippen LogP contribution in [-0.2, 0) is 11.3 Å². The quantitative estimate of drug-likeness (QED) is 0.691. The Morgan fingerprint density at radius 2 is 2.00 bits per heavy atom. The second kappa shape index (κ2) is 8.47. The minimum Gasteiger partial charge on any atom is -0.407 e. The van der Waals surface area contributed by atoms with Crippen molar-refractivity contribution in [1.82, 2.24) is 20.4 Å². The zero-order valence-corrected chi connectivity index (χ0v) is 11.9. The summed E-state index contributed by atoms with van der Waals surface area (Å²) in [5.41, 5.74) is 0. The molecule has 1 aromatic heterocycles. The van der Waals surface area contributed by atoms with E-state index in [4.69, 9.17) is 4.42 Å². The molecular weight excluding hydrogens is 246 g/mol. The van der Waals surface area contributed by atoms with Gasteiger partial charge in [-0.05, 0) is 20.4 Å². The molecule has 0 fully saturated rings. The largest absolute Gasteiger partial charge is 0.407 e. The lowest BCUT2D eigenvalue weighted by Crippen LogP contribution is -2.31. The van der Waals surface area contributed by atoms with Crippen molar-refractivity contribution >= 4 is 11.9 Å². The molecule has 0 aromatic carbocycles. The number of hydrogen-bond acceptors (Lipinski definition) is 6. The summed E-state index contributed by atoms with van der Waals surface area (Å²) in [6.45, 7) is 9.34. The highest BCUT2D eigenvalue weighted by molar-refractivity contribution is 5.76. The minimum atomic E-state index is 0.130. The van der Waals surface area contributed by atoms with Gasteiger partial charge in [0.2, 0.25) is 11.8 Å². The molecule has 0 aliphatic rings. The first-order chi connectivity index (χ1) is 9.21. The Labute approximate surface area is 113 Å². The van der Waals surface area contributed by atoms with E-state index in [1.807, 2.05) is 20.8 Å². The van der Waals surface area contributed by atoms with Crippen molar-refractivity contribution in [2.75, 3.05) is 31.5 Å². The molecule has 0 aliphatic heterocycles. The molecule has 19 heavy (non-hydrogen) atoms. The lowest BCUT2D eigenvalue weighted by Gasteiger charge is -2.18. The maximum absolute atomic E-state index is 11.8. The first-order valence-electron chi connectivity index (χ1n) is 6.75. The van der Waals surface area contributed by atoms with Gasteiger partial charge < -0.3 is 20.0 Å². The summed E-state index contributed by atoms with van der Waals surface area (Å²) in [5, 5.41) is 13.8. The monoisotopic (exact) mass is 269 g/mol. The van der Waals surface area contributed by atoms with E-state index < -0.39 is 0 Å². The molecule has 0 saturated carbocycles. The van der Waals surface area contributed by atoms with Crippen LogP contribution in [0, 0.1) is 0 Å². The van der Waals surface area contributed by atoms with Gasteiger partial charge in [0.25, 0.3) is 0 Å². The van der Waals surface area contributed by atoms with Gasteiger partial charge in [-0.25, -0.2) is 0 Å². The molecule has 0 atom stereocenters. The number of nitrogens with zero attached hydrogens (tertiary/aromatic N) is 3. The zero-order valence-electron chi connectivity index (χ0n) is 11.9. The highest BCUT2D eigenvalue weighted by Gasteiger charge is 2.10. The van der Waals surface area contributed by atoms with E-state index >= 15 is 0 Å². The van der Waals surface area contributed by atoms with Crippen molar-refractivity contribution in [3.63, 3.8) is 0 Å². The molecule has 0 radical (unpaired) electrons. The highest BCUT2D eigenvalue weighted by Crippen LogP contribution is 2.05. The summed E-state index contributed by atoms with van der Waals surface area (Å²) in [6.07, 6.45) is 0.423. The number of hydrogen-bond donors (Lipinski definition) is 2. The molecule has 7 nitrogen and oxygen atoms in total. The van der Waals surface area contributed by atoms with Gasteiger partial charge in [-0.2, -0.15) is 0 Å². The van der Waals surface area contributed by atoms with Crippen molar-refractivity contribution < 1.29 is 9.21 Å². The van der Waals surface area contributed by atoms with Crippen LogP contribution in [0.3, 0.4) is 0 Å². The zero-order chi connectivity index (χ0) is 14.1. The summed E-state index contributed by atoms with van der Waals surface area (Å²) < 4.78 is 5.36. The maximum Gasteiger partial charge on any atom is 0.315 e. The highest BCUT2D eigenvalue weighted by atomic mass is 16.4. The van der Waals surface area contributed by atoms with E-state index in [9.17, 15) is 4.79 Å². The molecule has 1 aromatic rings. The SMILES string of the molecule is CCNCc1nnc(NCCC(=O)N(CC)CC)o1. The van der Waals surface area contributed by atoms with Crippen LogP contribution in [0.25, 0.3) is 0 Å². The first-order valence-corrected chi connectivity index (χ1v) is 6.75. The van der Waals surface area contributed by atoms with E-state index in [-0.39, 0.29) is 5.91 Å². The Kier molecular flexibility index (Phi) is 6.88. The lowest BCUT2D eigenvalue weighted by atomic mass is 10.3. The van der Waals surface area contributed by atoms with Crippen LogP contribution in [0.2, 0.25) is 0 Å². The lowest BCUT2D eigenvalue weighted by molar-refractivity contribution is -0.130. The van der Waals surface area contributed by atoms with Crippen molar-refractivity contribution in [1.29, 1.82) is 0 Å². The minimum absolute atomic E-state index is 0.130. The molecule has 2 N–H and O–H groups in total. The normalized spacial score (nSPS) is 10.5. The Balaban J connectivity index is 2.29. The van der Waals surface area contributed by atoms with Gasteiger partial charge >= 0.3 is 6.01 Å². The smallest absolute Gasteiger partial charge is 0.315 e. The molecule has 0 aliphatic carbocycles. The van der Waals surface area contributed by atoms with Gasteiger partial charge in [-0.15, -0.1) is 5.10 Å². The third kappa shape index (κ3) is 5.25. The second-order valence-electron chi connectivity index (χ2n) is 4.02. The van der Waals surface area contributed by atoms with E-state index in [1.165, 1.54) is 0 Å². The molecule has 1 rings (SSSR count). The van der Waals surface area contributed by atoms with Crippen LogP contribution in [-0.4, -0.2) is 47.2 Å². The van der Waals surface area contributed by atoms with E-state index in [2.05, 4.69) is 20.8 Å². The van der Waals surface area contributed by atoms with Crippen LogP contribution < -0.4 is 10.6 Å². The van der Waals surface area contributed by atoms with Crippen molar-refractivity contribution in [3.05, 3.63) is 5.89 Å². The van der Waals surface area contributed by atoms with E-state index in [1.54, 1.807) is 4.90 Å². The van der Waals surface area contributed by atoms with Crippen molar-refractivity contribution in [3.8, 4) is 0 Å². The number of rotatable bonds is 9. The predicted molar refractivity (Wildman–Crippen MR) is 72.7 cm³/mol. The second-order valence-corrected chi connectivity index (χ2v) is 4.02. The first kappa shape index (κ1) is 15.4. The summed E-state index contributed by atoms with van der Waals surface area (Å²) >= 11 is 0. The molecule has 0 bridgehead atoms. The van der Waals surface area contributed by atoms with Crippen LogP contribution >= 0.6 is 0 Å². The number of anilines is 1. The average Bonchev–Trinajstić information content (AvgIpc) is 2.85. The van der Waals surface area contributed by atoms with E-state index in [0.29, 0.717) is 31.4 Å². The summed E-state index contributed by atoms with van der Waals surface area (Å²) in [6, 6.07) is 0.361. The van der Waals surface area contributed by atoms with Gasteiger partial charge in [-0.1, -0.05) is 12.0 Å². The number of nitrogens with one attached hydrogen (secondary N) is 2. The number of aromatic nitrogens is 2. The molecule has 1 amide bonds. The summed E-state index contributed by atoms with van der Waals surface area (Å²) in [4.78, 5) is 13.5. The molecule has 108 valence electrons.